The molecule has 2 rings (SSSR count). The lowest BCUT2D eigenvalue weighted by Crippen LogP contribution is -2.23. The van der Waals surface area contributed by atoms with Crippen LogP contribution in [0.2, 0.25) is 0 Å². The normalized spacial score (nSPS) is 14.8. The van der Waals surface area contributed by atoms with Crippen LogP contribution in [0.15, 0.2) is 12.1 Å². The molecule has 140 valence electrons. The van der Waals surface area contributed by atoms with E-state index in [1.54, 1.807) is 21.3 Å². The summed E-state index contributed by atoms with van der Waals surface area (Å²) in [6.45, 7) is 0.422. The van der Waals surface area contributed by atoms with Gasteiger partial charge in [-0.05, 0) is 30.9 Å². The number of carbonyl (C=O) groups excluding carboxylic acids is 1. The summed E-state index contributed by atoms with van der Waals surface area (Å²) < 4.78 is 16.1. The first-order chi connectivity index (χ1) is 12.2. The molecule has 0 aromatic heterocycles. The fourth-order valence-electron chi connectivity index (χ4n) is 3.61. The highest BCUT2D eigenvalue weighted by atomic mass is 16.5. The van der Waals surface area contributed by atoms with Crippen LogP contribution in [0.3, 0.4) is 0 Å². The van der Waals surface area contributed by atoms with Crippen LogP contribution in [0.5, 0.6) is 17.2 Å². The van der Waals surface area contributed by atoms with Crippen molar-refractivity contribution < 1.29 is 19.0 Å². The molecular formula is C20H31NO4. The van der Waals surface area contributed by atoms with E-state index in [-0.39, 0.29) is 5.91 Å². The van der Waals surface area contributed by atoms with Gasteiger partial charge in [0.05, 0.1) is 21.3 Å². The number of hydrogen-bond donors (Lipinski definition) is 1. The third-order valence-electron chi connectivity index (χ3n) is 5.00. The van der Waals surface area contributed by atoms with E-state index >= 15 is 0 Å². The molecule has 5 heteroatoms. The third-order valence-corrected chi connectivity index (χ3v) is 5.00. The Morgan fingerprint density at radius 3 is 2.40 bits per heavy atom. The van der Waals surface area contributed by atoms with E-state index in [2.05, 4.69) is 5.32 Å². The third kappa shape index (κ3) is 5.55. The molecular weight excluding hydrogens is 318 g/mol. The fourth-order valence-corrected chi connectivity index (χ4v) is 3.61. The number of methoxy groups -OCH3 is 3. The molecule has 0 unspecified atom stereocenters. The van der Waals surface area contributed by atoms with Crippen molar-refractivity contribution in [1.29, 1.82) is 0 Å². The van der Waals surface area contributed by atoms with Gasteiger partial charge >= 0.3 is 0 Å². The number of hydrogen-bond acceptors (Lipinski definition) is 4. The average Bonchev–Trinajstić information content (AvgIpc) is 2.66. The second-order valence-corrected chi connectivity index (χ2v) is 6.67. The Kier molecular flexibility index (Phi) is 7.89. The SMILES string of the molecule is COc1ccc(CNC(=O)CCCC2CCCCC2)c(OC)c1OC. The summed E-state index contributed by atoms with van der Waals surface area (Å²) in [6, 6.07) is 3.72. The van der Waals surface area contributed by atoms with Crippen LogP contribution >= 0.6 is 0 Å². The van der Waals surface area contributed by atoms with Crippen molar-refractivity contribution in [3.8, 4) is 17.2 Å². The first-order valence-electron chi connectivity index (χ1n) is 9.24. The van der Waals surface area contributed by atoms with Crippen molar-refractivity contribution in [3.63, 3.8) is 0 Å². The maximum Gasteiger partial charge on any atom is 0.220 e. The van der Waals surface area contributed by atoms with Crippen LogP contribution in [0.4, 0.5) is 0 Å². The van der Waals surface area contributed by atoms with E-state index in [4.69, 9.17) is 14.2 Å². The molecule has 5 nitrogen and oxygen atoms in total. The second-order valence-electron chi connectivity index (χ2n) is 6.67. The summed E-state index contributed by atoms with van der Waals surface area (Å²) in [4.78, 5) is 12.1. The molecule has 25 heavy (non-hydrogen) atoms. The molecule has 0 radical (unpaired) electrons. The van der Waals surface area contributed by atoms with Gasteiger partial charge < -0.3 is 19.5 Å². The molecule has 1 aliphatic carbocycles. The van der Waals surface area contributed by atoms with Gasteiger partial charge in [-0.15, -0.1) is 0 Å². The molecule has 1 N–H and O–H groups in total. The van der Waals surface area contributed by atoms with Crippen LogP contribution in [0.1, 0.15) is 56.9 Å². The predicted molar refractivity (Wildman–Crippen MR) is 98.4 cm³/mol. The minimum absolute atomic E-state index is 0.0904. The van der Waals surface area contributed by atoms with Gasteiger partial charge in [-0.3, -0.25) is 4.79 Å². The summed E-state index contributed by atoms with van der Waals surface area (Å²) in [6.07, 6.45) is 9.50. The van der Waals surface area contributed by atoms with Gasteiger partial charge in [0.15, 0.2) is 11.5 Å². The lowest BCUT2D eigenvalue weighted by molar-refractivity contribution is -0.121. The summed E-state index contributed by atoms with van der Waals surface area (Å²) in [5, 5.41) is 2.98. The highest BCUT2D eigenvalue weighted by Gasteiger charge is 2.17. The second kappa shape index (κ2) is 10.2. The van der Waals surface area contributed by atoms with Crippen molar-refractivity contribution in [2.75, 3.05) is 21.3 Å². The van der Waals surface area contributed by atoms with Gasteiger partial charge in [0, 0.05) is 18.5 Å². The average molecular weight is 349 g/mol. The zero-order valence-corrected chi connectivity index (χ0v) is 15.7. The molecule has 1 aliphatic rings. The van der Waals surface area contributed by atoms with E-state index in [9.17, 15) is 4.79 Å². The fraction of sp³-hybridized carbons (Fsp3) is 0.650. The van der Waals surface area contributed by atoms with Gasteiger partial charge in [0.2, 0.25) is 11.7 Å². The number of rotatable bonds is 9. The highest BCUT2D eigenvalue weighted by molar-refractivity contribution is 5.76. The Morgan fingerprint density at radius 2 is 1.76 bits per heavy atom. The summed E-state index contributed by atoms with van der Waals surface area (Å²) in [5.74, 6) is 2.68. The van der Waals surface area contributed by atoms with Gasteiger partial charge in [-0.2, -0.15) is 0 Å². The molecule has 0 heterocycles. The van der Waals surface area contributed by atoms with Crippen LogP contribution < -0.4 is 19.5 Å². The smallest absolute Gasteiger partial charge is 0.220 e. The molecule has 0 spiro atoms. The predicted octanol–water partition coefficient (Wildman–Crippen LogP) is 4.08. The molecule has 0 bridgehead atoms. The van der Waals surface area contributed by atoms with Crippen LogP contribution in [0.25, 0.3) is 0 Å². The minimum Gasteiger partial charge on any atom is -0.493 e. The Bertz CT molecular complexity index is 553. The maximum absolute atomic E-state index is 12.1. The van der Waals surface area contributed by atoms with E-state index in [1.165, 1.54) is 38.5 Å². The van der Waals surface area contributed by atoms with Crippen molar-refractivity contribution in [3.05, 3.63) is 17.7 Å². The molecule has 1 amide bonds. The molecule has 1 aromatic carbocycles. The summed E-state index contributed by atoms with van der Waals surface area (Å²) in [7, 11) is 4.76. The van der Waals surface area contributed by atoms with Crippen LogP contribution in [-0.2, 0) is 11.3 Å². The minimum atomic E-state index is 0.0904. The van der Waals surface area contributed by atoms with Crippen LogP contribution in [-0.4, -0.2) is 27.2 Å². The lowest BCUT2D eigenvalue weighted by atomic mass is 9.86. The first kappa shape index (κ1) is 19.4. The first-order valence-corrected chi connectivity index (χ1v) is 9.24. The van der Waals surface area contributed by atoms with Crippen molar-refractivity contribution in [2.24, 2.45) is 5.92 Å². The quantitative estimate of drug-likeness (QED) is 0.730. The topological polar surface area (TPSA) is 56.8 Å². The van der Waals surface area contributed by atoms with E-state index in [1.807, 2.05) is 12.1 Å². The zero-order chi connectivity index (χ0) is 18.1. The lowest BCUT2D eigenvalue weighted by Gasteiger charge is -2.21. The van der Waals surface area contributed by atoms with Crippen molar-refractivity contribution in [1.82, 2.24) is 5.32 Å². The molecule has 0 aliphatic heterocycles. The monoisotopic (exact) mass is 349 g/mol. The van der Waals surface area contributed by atoms with Crippen molar-refractivity contribution in [2.45, 2.75) is 57.9 Å². The van der Waals surface area contributed by atoms with Gasteiger partial charge in [0.25, 0.3) is 0 Å². The summed E-state index contributed by atoms with van der Waals surface area (Å²) in [5.41, 5.74) is 0.876. The van der Waals surface area contributed by atoms with E-state index in [0.717, 1.165) is 17.9 Å². The summed E-state index contributed by atoms with van der Waals surface area (Å²) >= 11 is 0. The highest BCUT2D eigenvalue weighted by Crippen LogP contribution is 2.39. The number of carbonyl (C=O) groups is 1. The Labute approximate surface area is 151 Å². The molecule has 1 fully saturated rings. The number of nitrogens with one attached hydrogen (secondary N) is 1. The Hall–Kier alpha value is -1.91. The Balaban J connectivity index is 1.82. The maximum atomic E-state index is 12.1. The van der Waals surface area contributed by atoms with E-state index < -0.39 is 0 Å². The van der Waals surface area contributed by atoms with Gasteiger partial charge in [-0.1, -0.05) is 32.1 Å². The molecule has 0 atom stereocenters. The Morgan fingerprint density at radius 1 is 1.04 bits per heavy atom. The van der Waals surface area contributed by atoms with E-state index in [0.29, 0.717) is 30.2 Å². The largest absolute Gasteiger partial charge is 0.493 e. The standard InChI is InChI=1S/C20H31NO4/c1-23-17-13-12-16(19(24-2)20(17)25-3)14-21-18(22)11-7-10-15-8-5-4-6-9-15/h12-13,15H,4-11,14H2,1-3H3,(H,21,22). The molecule has 1 aromatic rings. The molecule has 0 saturated heterocycles. The van der Waals surface area contributed by atoms with Crippen LogP contribution in [0, 0.1) is 5.92 Å². The van der Waals surface area contributed by atoms with Gasteiger partial charge in [-0.25, -0.2) is 0 Å². The van der Waals surface area contributed by atoms with Gasteiger partial charge in [0.1, 0.15) is 0 Å². The zero-order valence-electron chi connectivity index (χ0n) is 15.7. The number of amides is 1. The number of benzene rings is 1. The van der Waals surface area contributed by atoms with Crippen molar-refractivity contribution >= 4 is 5.91 Å². The number of ether oxygens (including phenoxy) is 3. The molecule has 1 saturated carbocycles.